The van der Waals surface area contributed by atoms with Gasteiger partial charge in [-0.2, -0.15) is 5.10 Å². The maximum absolute atomic E-state index is 10.2. The molecule has 0 amide bonds. The number of aliphatic hydroxyl groups excluding tert-OH is 1. The van der Waals surface area contributed by atoms with Crippen LogP contribution in [0.4, 0.5) is 5.69 Å². The van der Waals surface area contributed by atoms with Gasteiger partial charge in [0.15, 0.2) is 0 Å². The molecule has 1 unspecified atom stereocenters. The molecule has 0 spiro atoms. The summed E-state index contributed by atoms with van der Waals surface area (Å²) >= 11 is 0. The molecule has 6 nitrogen and oxygen atoms in total. The van der Waals surface area contributed by atoms with Crippen LogP contribution in [0.5, 0.6) is 0 Å². The van der Waals surface area contributed by atoms with Crippen molar-refractivity contribution in [3.63, 3.8) is 0 Å². The smallest absolute Gasteiger partial charge is 0.0862 e. The van der Waals surface area contributed by atoms with Gasteiger partial charge >= 0.3 is 0 Å². The fourth-order valence-electron chi connectivity index (χ4n) is 2.73. The van der Waals surface area contributed by atoms with Crippen molar-refractivity contribution in [1.29, 1.82) is 0 Å². The highest BCUT2D eigenvalue weighted by molar-refractivity contribution is 5.46. The van der Waals surface area contributed by atoms with E-state index in [0.717, 1.165) is 49.8 Å². The zero-order valence-corrected chi connectivity index (χ0v) is 12.8. The van der Waals surface area contributed by atoms with E-state index in [9.17, 15) is 5.11 Å². The summed E-state index contributed by atoms with van der Waals surface area (Å²) in [4.78, 5) is 4.76. The number of aromatic nitrogens is 2. The molecule has 1 aromatic heterocycles. The van der Waals surface area contributed by atoms with Gasteiger partial charge in [-0.05, 0) is 20.4 Å². The molecule has 3 N–H and O–H groups in total. The first-order valence-electron chi connectivity index (χ1n) is 7.43. The second kappa shape index (κ2) is 6.56. The minimum absolute atomic E-state index is 0.402. The minimum Gasteiger partial charge on any atom is -0.396 e. The molecular weight excluding hydrogens is 254 g/mol. The van der Waals surface area contributed by atoms with Crippen molar-refractivity contribution < 1.29 is 5.11 Å². The topological polar surface area (TPSA) is 70.5 Å². The Hall–Kier alpha value is -1.11. The summed E-state index contributed by atoms with van der Waals surface area (Å²) in [5.74, 6) is 0. The Labute approximate surface area is 121 Å². The predicted octanol–water partition coefficient (Wildman–Crippen LogP) is 0.0805. The number of rotatable bonds is 5. The van der Waals surface area contributed by atoms with Gasteiger partial charge in [0, 0.05) is 32.7 Å². The SMILES string of the molecule is CCN1CCN(CC(O)Cn2nc(C)c(N)c2C)CC1. The lowest BCUT2D eigenvalue weighted by molar-refractivity contribution is 0.0637. The van der Waals surface area contributed by atoms with Crippen molar-refractivity contribution >= 4 is 5.69 Å². The van der Waals surface area contributed by atoms with E-state index in [-0.39, 0.29) is 0 Å². The van der Waals surface area contributed by atoms with Crippen molar-refractivity contribution in [2.45, 2.75) is 33.4 Å². The predicted molar refractivity (Wildman–Crippen MR) is 80.7 cm³/mol. The number of aryl methyl sites for hydroxylation is 1. The number of nitrogen functional groups attached to an aromatic ring is 1. The second-order valence-corrected chi connectivity index (χ2v) is 5.66. The zero-order chi connectivity index (χ0) is 14.7. The molecule has 0 saturated carbocycles. The standard InChI is InChI=1S/C14H27N5O/c1-4-17-5-7-18(8-6-17)9-13(20)10-19-12(3)14(15)11(2)16-19/h13,20H,4-10,15H2,1-3H3. The monoisotopic (exact) mass is 281 g/mol. The Morgan fingerprint density at radius 1 is 1.15 bits per heavy atom. The maximum atomic E-state index is 10.2. The van der Waals surface area contributed by atoms with E-state index in [1.165, 1.54) is 0 Å². The van der Waals surface area contributed by atoms with E-state index in [4.69, 9.17) is 5.73 Å². The highest BCUT2D eigenvalue weighted by Gasteiger charge is 2.19. The summed E-state index contributed by atoms with van der Waals surface area (Å²) in [6.07, 6.45) is -0.402. The molecule has 0 bridgehead atoms. The van der Waals surface area contributed by atoms with Crippen LogP contribution < -0.4 is 5.73 Å². The summed E-state index contributed by atoms with van der Waals surface area (Å²) in [5, 5.41) is 14.6. The van der Waals surface area contributed by atoms with E-state index >= 15 is 0 Å². The zero-order valence-electron chi connectivity index (χ0n) is 12.8. The van der Waals surface area contributed by atoms with E-state index in [0.29, 0.717) is 13.1 Å². The number of anilines is 1. The van der Waals surface area contributed by atoms with Crippen LogP contribution in [-0.4, -0.2) is 70.1 Å². The van der Waals surface area contributed by atoms with E-state index in [1.54, 1.807) is 0 Å². The fraction of sp³-hybridized carbons (Fsp3) is 0.786. The third-order valence-electron chi connectivity index (χ3n) is 4.20. The van der Waals surface area contributed by atoms with Gasteiger partial charge < -0.3 is 15.7 Å². The number of nitrogens with zero attached hydrogens (tertiary/aromatic N) is 4. The van der Waals surface area contributed by atoms with Gasteiger partial charge in [0.05, 0.1) is 29.7 Å². The molecule has 1 aliphatic heterocycles. The van der Waals surface area contributed by atoms with E-state index in [2.05, 4.69) is 21.8 Å². The number of nitrogens with two attached hydrogens (primary N) is 1. The normalized spacial score (nSPS) is 19.4. The summed E-state index contributed by atoms with van der Waals surface area (Å²) in [7, 11) is 0. The van der Waals surface area contributed by atoms with Gasteiger partial charge in [0.1, 0.15) is 0 Å². The quantitative estimate of drug-likeness (QED) is 0.800. The molecular formula is C14H27N5O. The molecule has 1 fully saturated rings. The molecule has 1 atom stereocenters. The lowest BCUT2D eigenvalue weighted by atomic mass is 10.2. The Morgan fingerprint density at radius 2 is 1.75 bits per heavy atom. The van der Waals surface area contributed by atoms with Crippen molar-refractivity contribution in [3.8, 4) is 0 Å². The van der Waals surface area contributed by atoms with Crippen LogP contribution in [0.2, 0.25) is 0 Å². The lowest BCUT2D eigenvalue weighted by Gasteiger charge is -2.35. The van der Waals surface area contributed by atoms with Gasteiger partial charge in [-0.15, -0.1) is 0 Å². The highest BCUT2D eigenvalue weighted by atomic mass is 16.3. The van der Waals surface area contributed by atoms with Crippen LogP contribution in [-0.2, 0) is 6.54 Å². The van der Waals surface area contributed by atoms with Gasteiger partial charge in [0.25, 0.3) is 0 Å². The van der Waals surface area contributed by atoms with Crippen molar-refractivity contribution in [3.05, 3.63) is 11.4 Å². The minimum atomic E-state index is -0.402. The summed E-state index contributed by atoms with van der Waals surface area (Å²) in [6, 6.07) is 0. The first kappa shape index (κ1) is 15.3. The molecule has 6 heteroatoms. The summed E-state index contributed by atoms with van der Waals surface area (Å²) in [5.41, 5.74) is 8.42. The third kappa shape index (κ3) is 3.50. The molecule has 1 saturated heterocycles. The number of piperazine rings is 1. The maximum Gasteiger partial charge on any atom is 0.0862 e. The van der Waals surface area contributed by atoms with Crippen LogP contribution >= 0.6 is 0 Å². The van der Waals surface area contributed by atoms with Crippen LogP contribution in [0.1, 0.15) is 18.3 Å². The molecule has 2 rings (SSSR count). The number of hydrogen-bond acceptors (Lipinski definition) is 5. The number of hydrogen-bond donors (Lipinski definition) is 2. The average Bonchev–Trinajstić information content (AvgIpc) is 2.67. The number of aliphatic hydroxyl groups is 1. The van der Waals surface area contributed by atoms with Gasteiger partial charge in [-0.25, -0.2) is 0 Å². The molecule has 1 aromatic rings. The van der Waals surface area contributed by atoms with E-state index in [1.807, 2.05) is 18.5 Å². The first-order valence-corrected chi connectivity index (χ1v) is 7.43. The van der Waals surface area contributed by atoms with Gasteiger partial charge in [-0.1, -0.05) is 6.92 Å². The summed E-state index contributed by atoms with van der Waals surface area (Å²) in [6.45, 7) is 12.6. The summed E-state index contributed by atoms with van der Waals surface area (Å²) < 4.78 is 1.82. The highest BCUT2D eigenvalue weighted by Crippen LogP contribution is 2.15. The molecule has 20 heavy (non-hydrogen) atoms. The molecule has 1 aliphatic rings. The lowest BCUT2D eigenvalue weighted by Crippen LogP contribution is -2.48. The van der Waals surface area contributed by atoms with Crippen molar-refractivity contribution in [2.24, 2.45) is 0 Å². The molecule has 2 heterocycles. The first-order chi connectivity index (χ1) is 9.51. The molecule has 0 aliphatic carbocycles. The van der Waals surface area contributed by atoms with Gasteiger partial charge in [0.2, 0.25) is 0 Å². The van der Waals surface area contributed by atoms with Crippen LogP contribution in [0.15, 0.2) is 0 Å². The molecule has 0 radical (unpaired) electrons. The van der Waals surface area contributed by atoms with Crippen molar-refractivity contribution in [2.75, 3.05) is 45.0 Å². The van der Waals surface area contributed by atoms with Crippen LogP contribution in [0.3, 0.4) is 0 Å². The van der Waals surface area contributed by atoms with Crippen LogP contribution in [0.25, 0.3) is 0 Å². The Morgan fingerprint density at radius 3 is 2.25 bits per heavy atom. The largest absolute Gasteiger partial charge is 0.396 e. The Balaban J connectivity index is 1.83. The molecule has 0 aromatic carbocycles. The fourth-order valence-corrected chi connectivity index (χ4v) is 2.73. The Kier molecular flexibility index (Phi) is 5.01. The molecule has 114 valence electrons. The van der Waals surface area contributed by atoms with Crippen molar-refractivity contribution in [1.82, 2.24) is 19.6 Å². The number of β-amino-alcohol motifs (C(OH)–C–C–N with tert-alkyl or cyclic N) is 1. The Bertz CT molecular complexity index is 437. The second-order valence-electron chi connectivity index (χ2n) is 5.66. The third-order valence-corrected chi connectivity index (χ3v) is 4.20. The average molecular weight is 281 g/mol. The van der Waals surface area contributed by atoms with Gasteiger partial charge in [-0.3, -0.25) is 9.58 Å². The van der Waals surface area contributed by atoms with Crippen LogP contribution in [0, 0.1) is 13.8 Å². The van der Waals surface area contributed by atoms with E-state index < -0.39 is 6.10 Å². The number of likely N-dealkylation sites (N-methyl/N-ethyl adjacent to an activating group) is 1.